The second-order valence-electron chi connectivity index (χ2n) is 7.79. The Labute approximate surface area is 170 Å². The Morgan fingerprint density at radius 2 is 1.90 bits per heavy atom. The molecule has 0 saturated heterocycles. The maximum atomic E-state index is 13.1. The molecule has 2 unspecified atom stereocenters. The molecule has 1 saturated carbocycles. The quantitative estimate of drug-likeness (QED) is 0.748. The Hall–Kier alpha value is -2.26. The molecule has 29 heavy (non-hydrogen) atoms. The van der Waals surface area contributed by atoms with Gasteiger partial charge >= 0.3 is 5.97 Å². The number of nitrogens with zero attached hydrogens (tertiary/aromatic N) is 3. The highest BCUT2D eigenvalue weighted by Gasteiger charge is 2.32. The lowest BCUT2D eigenvalue weighted by Gasteiger charge is -2.31. The molecule has 2 atom stereocenters. The van der Waals surface area contributed by atoms with E-state index in [0.717, 1.165) is 50.5 Å². The minimum Gasteiger partial charge on any atom is -0.464 e. The molecule has 0 radical (unpaired) electrons. The molecule has 1 aromatic heterocycles. The molecule has 0 amide bonds. The number of fused-ring (bicyclic) bond motifs is 1. The molecule has 1 fully saturated rings. The first kappa shape index (κ1) is 20.0. The SMILES string of the molecule is COC(=O)c1cn(C2CCCCC2NS(=O)(=O)c2ccc3c(c2)CCCC3)nn1. The number of benzene rings is 1. The van der Waals surface area contributed by atoms with Crippen molar-refractivity contribution in [3.63, 3.8) is 0 Å². The van der Waals surface area contributed by atoms with Gasteiger partial charge in [0, 0.05) is 6.04 Å². The van der Waals surface area contributed by atoms with Crippen molar-refractivity contribution in [1.29, 1.82) is 0 Å². The summed E-state index contributed by atoms with van der Waals surface area (Å²) in [5.74, 6) is -0.557. The van der Waals surface area contributed by atoms with Crippen LogP contribution in [0, 0.1) is 0 Å². The highest BCUT2D eigenvalue weighted by atomic mass is 32.2. The number of nitrogens with one attached hydrogen (secondary N) is 1. The number of ether oxygens (including phenoxy) is 1. The van der Waals surface area contributed by atoms with Crippen LogP contribution in [-0.4, -0.2) is 42.5 Å². The molecule has 0 bridgehead atoms. The van der Waals surface area contributed by atoms with Gasteiger partial charge in [-0.1, -0.05) is 24.1 Å². The first-order valence-electron chi connectivity index (χ1n) is 10.1. The number of carbonyl (C=O) groups is 1. The lowest BCUT2D eigenvalue weighted by atomic mass is 9.91. The molecule has 4 rings (SSSR count). The minimum atomic E-state index is -3.65. The number of hydrogen-bond acceptors (Lipinski definition) is 6. The van der Waals surface area contributed by atoms with E-state index >= 15 is 0 Å². The summed E-state index contributed by atoms with van der Waals surface area (Å²) in [4.78, 5) is 12.0. The van der Waals surface area contributed by atoms with Crippen LogP contribution in [0.25, 0.3) is 0 Å². The van der Waals surface area contributed by atoms with E-state index in [1.54, 1.807) is 10.7 Å². The van der Waals surface area contributed by atoms with Gasteiger partial charge in [0.2, 0.25) is 10.0 Å². The van der Waals surface area contributed by atoms with Gasteiger partial charge in [-0.2, -0.15) is 0 Å². The van der Waals surface area contributed by atoms with Gasteiger partial charge in [-0.3, -0.25) is 0 Å². The molecular formula is C20H26N4O4S. The molecule has 8 nitrogen and oxygen atoms in total. The number of methoxy groups -OCH3 is 1. The third-order valence-corrected chi connectivity index (χ3v) is 7.40. The van der Waals surface area contributed by atoms with Crippen LogP contribution < -0.4 is 4.72 Å². The van der Waals surface area contributed by atoms with Crippen LogP contribution in [0.2, 0.25) is 0 Å². The van der Waals surface area contributed by atoms with Crippen molar-refractivity contribution < 1.29 is 17.9 Å². The van der Waals surface area contributed by atoms with E-state index in [4.69, 9.17) is 0 Å². The predicted octanol–water partition coefficient (Wildman–Crippen LogP) is 2.41. The van der Waals surface area contributed by atoms with Gasteiger partial charge in [-0.15, -0.1) is 5.10 Å². The Morgan fingerprint density at radius 1 is 1.14 bits per heavy atom. The molecule has 2 aliphatic rings. The van der Waals surface area contributed by atoms with Crippen LogP contribution in [0.1, 0.15) is 66.2 Å². The first-order valence-corrected chi connectivity index (χ1v) is 11.6. The highest BCUT2D eigenvalue weighted by Crippen LogP contribution is 2.30. The van der Waals surface area contributed by atoms with Crippen LogP contribution in [0.4, 0.5) is 0 Å². The number of aromatic nitrogens is 3. The van der Waals surface area contributed by atoms with Crippen LogP contribution >= 0.6 is 0 Å². The van der Waals surface area contributed by atoms with Crippen molar-refractivity contribution in [3.8, 4) is 0 Å². The van der Waals surface area contributed by atoms with Gasteiger partial charge in [0.1, 0.15) is 0 Å². The van der Waals surface area contributed by atoms with E-state index in [1.165, 1.54) is 18.9 Å². The molecule has 2 aliphatic carbocycles. The van der Waals surface area contributed by atoms with Crippen LogP contribution in [0.15, 0.2) is 29.3 Å². The van der Waals surface area contributed by atoms with Gasteiger partial charge in [-0.25, -0.2) is 22.6 Å². The van der Waals surface area contributed by atoms with E-state index in [2.05, 4.69) is 19.8 Å². The molecule has 1 N–H and O–H groups in total. The number of aryl methyl sites for hydroxylation is 2. The maximum absolute atomic E-state index is 13.1. The lowest BCUT2D eigenvalue weighted by Crippen LogP contribution is -2.43. The molecule has 1 aromatic carbocycles. The predicted molar refractivity (Wildman–Crippen MR) is 106 cm³/mol. The van der Waals surface area contributed by atoms with Crippen molar-refractivity contribution in [2.45, 2.75) is 68.3 Å². The third kappa shape index (κ3) is 4.20. The zero-order valence-electron chi connectivity index (χ0n) is 16.5. The normalized spacial score (nSPS) is 22.1. The Morgan fingerprint density at radius 3 is 2.69 bits per heavy atom. The second kappa shape index (κ2) is 8.23. The zero-order chi connectivity index (χ0) is 20.4. The van der Waals surface area contributed by atoms with Crippen LogP contribution in [-0.2, 0) is 27.6 Å². The van der Waals surface area contributed by atoms with Gasteiger partial charge in [0.05, 0.1) is 24.2 Å². The van der Waals surface area contributed by atoms with Gasteiger partial charge in [0.25, 0.3) is 0 Å². The fourth-order valence-electron chi connectivity index (χ4n) is 4.35. The van der Waals surface area contributed by atoms with Gasteiger partial charge < -0.3 is 4.74 Å². The number of hydrogen-bond donors (Lipinski definition) is 1. The molecule has 156 valence electrons. The number of rotatable bonds is 5. The second-order valence-corrected chi connectivity index (χ2v) is 9.51. The van der Waals surface area contributed by atoms with E-state index in [1.807, 2.05) is 12.1 Å². The van der Waals surface area contributed by atoms with Gasteiger partial charge in [-0.05, 0) is 61.8 Å². The number of sulfonamides is 1. The summed E-state index contributed by atoms with van der Waals surface area (Å²) in [5, 5.41) is 7.91. The summed E-state index contributed by atoms with van der Waals surface area (Å²) in [7, 11) is -2.36. The summed E-state index contributed by atoms with van der Waals surface area (Å²) in [5.41, 5.74) is 2.51. The molecule has 0 aliphatic heterocycles. The van der Waals surface area contributed by atoms with Crippen molar-refractivity contribution in [2.24, 2.45) is 0 Å². The van der Waals surface area contributed by atoms with Crippen molar-refractivity contribution in [2.75, 3.05) is 7.11 Å². The lowest BCUT2D eigenvalue weighted by molar-refractivity contribution is 0.0594. The summed E-state index contributed by atoms with van der Waals surface area (Å²) >= 11 is 0. The topological polar surface area (TPSA) is 103 Å². The van der Waals surface area contributed by atoms with E-state index in [-0.39, 0.29) is 17.8 Å². The molecule has 2 aromatic rings. The van der Waals surface area contributed by atoms with Crippen LogP contribution in [0.5, 0.6) is 0 Å². The van der Waals surface area contributed by atoms with Crippen molar-refractivity contribution in [1.82, 2.24) is 19.7 Å². The van der Waals surface area contributed by atoms with E-state index in [9.17, 15) is 13.2 Å². The molecule has 1 heterocycles. The first-order chi connectivity index (χ1) is 14.0. The Bertz CT molecular complexity index is 1000. The largest absolute Gasteiger partial charge is 0.464 e. The average molecular weight is 419 g/mol. The zero-order valence-corrected chi connectivity index (χ0v) is 17.3. The fraction of sp³-hybridized carbons (Fsp3) is 0.550. The minimum absolute atomic E-state index is 0.120. The Kier molecular flexibility index (Phi) is 5.69. The standard InChI is InChI=1S/C20H26N4O4S/c1-28-20(25)18-13-24(23-21-18)19-9-5-4-8-17(19)22-29(26,27)16-11-10-14-6-2-3-7-15(14)12-16/h10-13,17,19,22H,2-9H2,1H3. The van der Waals surface area contributed by atoms with Crippen LogP contribution in [0.3, 0.4) is 0 Å². The summed E-state index contributed by atoms with van der Waals surface area (Å²) in [6.45, 7) is 0. The maximum Gasteiger partial charge on any atom is 0.360 e. The molecular weight excluding hydrogens is 392 g/mol. The summed E-state index contributed by atoms with van der Waals surface area (Å²) in [6.07, 6.45) is 9.12. The van der Waals surface area contributed by atoms with Crippen molar-refractivity contribution >= 4 is 16.0 Å². The third-order valence-electron chi connectivity index (χ3n) is 5.91. The fourth-order valence-corrected chi connectivity index (χ4v) is 5.70. The van der Waals surface area contributed by atoms with E-state index < -0.39 is 16.0 Å². The number of carbonyl (C=O) groups excluding carboxylic acids is 1. The monoisotopic (exact) mass is 418 g/mol. The molecule has 9 heteroatoms. The van der Waals surface area contributed by atoms with E-state index in [0.29, 0.717) is 11.3 Å². The Balaban J connectivity index is 1.56. The highest BCUT2D eigenvalue weighted by molar-refractivity contribution is 7.89. The average Bonchev–Trinajstić information content (AvgIpc) is 3.23. The smallest absolute Gasteiger partial charge is 0.360 e. The summed E-state index contributed by atoms with van der Waals surface area (Å²) < 4.78 is 35.3. The van der Waals surface area contributed by atoms with Crippen molar-refractivity contribution in [3.05, 3.63) is 41.2 Å². The van der Waals surface area contributed by atoms with Gasteiger partial charge in [0.15, 0.2) is 5.69 Å². The molecule has 0 spiro atoms. The number of esters is 1. The summed E-state index contributed by atoms with van der Waals surface area (Å²) in [6, 6.07) is 4.97.